The first-order valence-corrected chi connectivity index (χ1v) is 10.6. The van der Waals surface area contributed by atoms with Crippen molar-refractivity contribution in [2.24, 2.45) is 5.73 Å². The smallest absolute Gasteiger partial charge is 0.416 e. The van der Waals surface area contributed by atoms with Gasteiger partial charge in [0, 0.05) is 0 Å². The van der Waals surface area contributed by atoms with Gasteiger partial charge in [0.25, 0.3) is 0 Å². The van der Waals surface area contributed by atoms with E-state index in [4.69, 9.17) is 10.8 Å². The normalized spacial score (nSPS) is 12.5. The lowest BCUT2D eigenvalue weighted by atomic mass is 9.97. The number of nitrogens with one attached hydrogen (secondary N) is 2. The van der Waals surface area contributed by atoms with Crippen molar-refractivity contribution in [2.75, 3.05) is 19.7 Å². The van der Waals surface area contributed by atoms with Crippen LogP contribution in [-0.2, 0) is 37.9 Å². The zero-order chi connectivity index (χ0) is 27.5. The molecule has 0 aliphatic heterocycles. The lowest BCUT2D eigenvalue weighted by Gasteiger charge is -2.18. The summed E-state index contributed by atoms with van der Waals surface area (Å²) < 4.78 is 83.4. The van der Waals surface area contributed by atoms with Gasteiger partial charge in [-0.25, -0.2) is 4.79 Å². The summed E-state index contributed by atoms with van der Waals surface area (Å²) in [5, 5.41) is 13.0. The molecular formula is C21H25F6N3O6. The SMILES string of the molecule is NCCCCC[C@H](NC(=O)O)C(=O)NCC(=O)COC(=O)Cc1c(C(F)(F)F)cccc1C(F)(F)F. The Morgan fingerprint density at radius 1 is 0.972 bits per heavy atom. The number of amides is 2. The van der Waals surface area contributed by atoms with E-state index in [0.29, 0.717) is 44.0 Å². The molecule has 0 aromatic heterocycles. The standard InChI is InChI=1S/C21H25F6N3O6/c22-20(23,24)14-5-4-6-15(21(25,26)27)13(14)9-17(32)36-11-12(31)10-29-18(33)16(30-19(34)35)7-2-1-3-8-28/h4-6,16,30H,1-3,7-11,28H2,(H,29,33)(H,34,35)/t16-/m0/s1. The number of nitrogens with two attached hydrogens (primary N) is 1. The molecule has 2 amide bonds. The summed E-state index contributed by atoms with van der Waals surface area (Å²) in [5.41, 5.74) is 0.663. The number of alkyl halides is 6. The average Bonchev–Trinajstić information content (AvgIpc) is 2.76. The van der Waals surface area contributed by atoms with Crippen molar-refractivity contribution in [1.29, 1.82) is 0 Å². The molecule has 0 radical (unpaired) electrons. The molecule has 1 rings (SSSR count). The van der Waals surface area contributed by atoms with Crippen LogP contribution in [0.3, 0.4) is 0 Å². The second-order valence-corrected chi connectivity index (χ2v) is 7.56. The lowest BCUT2D eigenvalue weighted by Crippen LogP contribution is -2.47. The molecule has 15 heteroatoms. The van der Waals surface area contributed by atoms with Crippen molar-refractivity contribution in [3.05, 3.63) is 34.9 Å². The minimum Gasteiger partial charge on any atom is -0.465 e. The minimum absolute atomic E-state index is 0.113. The molecule has 0 aliphatic rings. The quantitative estimate of drug-likeness (QED) is 0.174. The largest absolute Gasteiger partial charge is 0.465 e. The number of ketones is 1. The maximum atomic E-state index is 13.2. The number of ether oxygens (including phenoxy) is 1. The van der Waals surface area contributed by atoms with Gasteiger partial charge in [0.05, 0.1) is 24.1 Å². The Hall–Kier alpha value is -3.36. The number of carbonyl (C=O) groups excluding carboxylic acids is 3. The first-order chi connectivity index (χ1) is 16.7. The fourth-order valence-electron chi connectivity index (χ4n) is 3.11. The van der Waals surface area contributed by atoms with E-state index < -0.39 is 78.4 Å². The maximum Gasteiger partial charge on any atom is 0.416 e. The third-order valence-corrected chi connectivity index (χ3v) is 4.77. The molecular weight excluding hydrogens is 504 g/mol. The second-order valence-electron chi connectivity index (χ2n) is 7.56. The third-order valence-electron chi connectivity index (χ3n) is 4.77. The number of carbonyl (C=O) groups is 4. The van der Waals surface area contributed by atoms with Crippen molar-refractivity contribution in [2.45, 2.75) is 50.5 Å². The minimum atomic E-state index is -5.18. The Morgan fingerprint density at radius 3 is 2.06 bits per heavy atom. The number of rotatable bonds is 13. The second kappa shape index (κ2) is 13.7. The van der Waals surface area contributed by atoms with Crippen LogP contribution in [0.25, 0.3) is 0 Å². The third kappa shape index (κ3) is 10.5. The molecule has 1 aromatic carbocycles. The van der Waals surface area contributed by atoms with Gasteiger partial charge in [-0.15, -0.1) is 0 Å². The first-order valence-electron chi connectivity index (χ1n) is 10.6. The summed E-state index contributed by atoms with van der Waals surface area (Å²) in [6, 6.07) is 0.138. The zero-order valence-electron chi connectivity index (χ0n) is 18.8. The van der Waals surface area contributed by atoms with Gasteiger partial charge in [-0.05, 0) is 37.1 Å². The Balaban J connectivity index is 2.72. The van der Waals surface area contributed by atoms with Crippen molar-refractivity contribution in [3.63, 3.8) is 0 Å². The molecule has 36 heavy (non-hydrogen) atoms. The van der Waals surface area contributed by atoms with Gasteiger partial charge in [0.2, 0.25) is 5.91 Å². The molecule has 0 bridgehead atoms. The van der Waals surface area contributed by atoms with Crippen LogP contribution < -0.4 is 16.4 Å². The average molecular weight is 529 g/mol. The highest BCUT2D eigenvalue weighted by molar-refractivity contribution is 5.91. The van der Waals surface area contributed by atoms with Crippen LogP contribution in [0.5, 0.6) is 0 Å². The molecule has 0 spiro atoms. The van der Waals surface area contributed by atoms with Crippen LogP contribution in [-0.4, -0.2) is 54.6 Å². The van der Waals surface area contributed by atoms with Crippen molar-refractivity contribution in [3.8, 4) is 0 Å². The van der Waals surface area contributed by atoms with Gasteiger partial charge < -0.3 is 26.2 Å². The van der Waals surface area contributed by atoms with E-state index in [2.05, 4.69) is 10.1 Å². The molecule has 0 unspecified atom stereocenters. The van der Waals surface area contributed by atoms with Crippen LogP contribution >= 0.6 is 0 Å². The summed E-state index contributed by atoms with van der Waals surface area (Å²) in [6.45, 7) is -1.35. The Kier molecular flexibility index (Phi) is 11.6. The Labute approximate surface area is 201 Å². The molecule has 0 saturated carbocycles. The van der Waals surface area contributed by atoms with Crippen LogP contribution in [0, 0.1) is 0 Å². The lowest BCUT2D eigenvalue weighted by molar-refractivity contribution is -0.149. The van der Waals surface area contributed by atoms with Crippen LogP contribution in [0.4, 0.5) is 31.1 Å². The predicted molar refractivity (Wildman–Crippen MR) is 112 cm³/mol. The van der Waals surface area contributed by atoms with E-state index in [-0.39, 0.29) is 6.42 Å². The molecule has 202 valence electrons. The van der Waals surface area contributed by atoms with E-state index in [1.807, 2.05) is 5.32 Å². The summed E-state index contributed by atoms with van der Waals surface area (Å²) in [7, 11) is 0. The molecule has 0 heterocycles. The van der Waals surface area contributed by atoms with Crippen molar-refractivity contribution >= 4 is 23.8 Å². The highest BCUT2D eigenvalue weighted by Gasteiger charge is 2.41. The molecule has 5 N–H and O–H groups in total. The van der Waals surface area contributed by atoms with Gasteiger partial charge in [0.15, 0.2) is 12.4 Å². The van der Waals surface area contributed by atoms with Gasteiger partial charge in [-0.2, -0.15) is 26.3 Å². The molecule has 0 saturated heterocycles. The summed E-state index contributed by atoms with van der Waals surface area (Å²) >= 11 is 0. The molecule has 0 aliphatic carbocycles. The Morgan fingerprint density at radius 2 is 1.56 bits per heavy atom. The number of hydrogen-bond donors (Lipinski definition) is 4. The maximum absolute atomic E-state index is 13.2. The van der Waals surface area contributed by atoms with E-state index in [0.717, 1.165) is 0 Å². The number of Topliss-reactive ketones (excluding diaryl/α,β-unsaturated/α-hetero) is 1. The van der Waals surface area contributed by atoms with Gasteiger partial charge in [0.1, 0.15) is 6.04 Å². The number of esters is 1. The Bertz CT molecular complexity index is 903. The van der Waals surface area contributed by atoms with E-state index >= 15 is 0 Å². The fourth-order valence-corrected chi connectivity index (χ4v) is 3.11. The summed E-state index contributed by atoms with van der Waals surface area (Å²) in [5.74, 6) is -3.31. The number of unbranched alkanes of at least 4 members (excludes halogenated alkanes) is 2. The monoisotopic (exact) mass is 529 g/mol. The van der Waals surface area contributed by atoms with Crippen molar-refractivity contribution in [1.82, 2.24) is 10.6 Å². The van der Waals surface area contributed by atoms with Gasteiger partial charge >= 0.3 is 24.4 Å². The van der Waals surface area contributed by atoms with Crippen LogP contribution in [0.1, 0.15) is 42.4 Å². The van der Waals surface area contributed by atoms with Crippen LogP contribution in [0.2, 0.25) is 0 Å². The highest BCUT2D eigenvalue weighted by Crippen LogP contribution is 2.39. The zero-order valence-corrected chi connectivity index (χ0v) is 18.8. The number of hydrogen-bond acceptors (Lipinski definition) is 6. The fraction of sp³-hybridized carbons (Fsp3) is 0.524. The number of carboxylic acid groups (broad SMARTS) is 1. The molecule has 1 atom stereocenters. The van der Waals surface area contributed by atoms with E-state index in [1.54, 1.807) is 0 Å². The van der Waals surface area contributed by atoms with Crippen LogP contribution in [0.15, 0.2) is 18.2 Å². The van der Waals surface area contributed by atoms with Gasteiger partial charge in [-0.1, -0.05) is 18.9 Å². The van der Waals surface area contributed by atoms with Crippen molar-refractivity contribution < 1.29 is 55.4 Å². The predicted octanol–water partition coefficient (Wildman–Crippen LogP) is 2.65. The molecule has 1 aromatic rings. The summed E-state index contributed by atoms with van der Waals surface area (Å²) in [6.07, 6.45) is -11.4. The van der Waals surface area contributed by atoms with Gasteiger partial charge in [-0.3, -0.25) is 14.4 Å². The van der Waals surface area contributed by atoms with E-state index in [1.165, 1.54) is 0 Å². The molecule has 0 fully saturated rings. The summed E-state index contributed by atoms with van der Waals surface area (Å²) in [4.78, 5) is 46.9. The molecule has 9 nitrogen and oxygen atoms in total. The topological polar surface area (TPSA) is 148 Å². The number of benzene rings is 1. The number of halogens is 6. The van der Waals surface area contributed by atoms with E-state index in [9.17, 15) is 45.5 Å². The highest BCUT2D eigenvalue weighted by atomic mass is 19.4. The first kappa shape index (κ1) is 30.7.